The van der Waals surface area contributed by atoms with Crippen LogP contribution in [0.2, 0.25) is 0 Å². The highest BCUT2D eigenvalue weighted by Gasteiger charge is 2.37. The van der Waals surface area contributed by atoms with Crippen molar-refractivity contribution in [3.05, 3.63) is 0 Å². The lowest BCUT2D eigenvalue weighted by molar-refractivity contribution is -0.123. The highest BCUT2D eigenvalue weighted by Crippen LogP contribution is 2.31. The summed E-state index contributed by atoms with van der Waals surface area (Å²) in [6.07, 6.45) is 3.46. The second-order valence-corrected chi connectivity index (χ2v) is 2.72. The summed E-state index contributed by atoms with van der Waals surface area (Å²) in [5.74, 6) is 0.682. The molecule has 2 atom stereocenters. The average molecular weight is 111 g/mol. The minimum Gasteiger partial charge on any atom is -0.353 e. The van der Waals surface area contributed by atoms with Gasteiger partial charge >= 0.3 is 0 Å². The van der Waals surface area contributed by atoms with Crippen molar-refractivity contribution in [3.63, 3.8) is 0 Å². The van der Waals surface area contributed by atoms with Gasteiger partial charge in [-0.05, 0) is 19.3 Å². The third kappa shape index (κ3) is 0.403. The first kappa shape index (κ1) is 4.36. The van der Waals surface area contributed by atoms with Crippen molar-refractivity contribution in [2.45, 2.75) is 25.3 Å². The summed E-state index contributed by atoms with van der Waals surface area (Å²) in [5, 5.41) is 2.91. The summed E-state index contributed by atoms with van der Waals surface area (Å²) < 4.78 is 0. The molecule has 0 radical (unpaired) electrons. The van der Waals surface area contributed by atoms with E-state index in [9.17, 15) is 4.79 Å². The van der Waals surface area contributed by atoms with Crippen LogP contribution in [0.15, 0.2) is 0 Å². The topological polar surface area (TPSA) is 29.1 Å². The van der Waals surface area contributed by atoms with E-state index in [1.807, 2.05) is 0 Å². The van der Waals surface area contributed by atoms with Crippen LogP contribution < -0.4 is 5.32 Å². The third-order valence-electron chi connectivity index (χ3n) is 2.15. The zero-order valence-electron chi connectivity index (χ0n) is 4.68. The van der Waals surface area contributed by atoms with Gasteiger partial charge in [-0.25, -0.2) is 0 Å². The van der Waals surface area contributed by atoms with E-state index in [1.165, 1.54) is 6.42 Å². The summed E-state index contributed by atoms with van der Waals surface area (Å²) in [6, 6.07) is 0.549. The number of hydrogen-bond donors (Lipinski definition) is 1. The summed E-state index contributed by atoms with van der Waals surface area (Å²) in [6.45, 7) is 0. The molecule has 0 aromatic carbocycles. The molecule has 8 heavy (non-hydrogen) atoms. The van der Waals surface area contributed by atoms with Gasteiger partial charge in [0.05, 0.1) is 0 Å². The molecule has 2 aliphatic rings. The van der Waals surface area contributed by atoms with E-state index in [4.69, 9.17) is 0 Å². The second-order valence-electron chi connectivity index (χ2n) is 2.72. The number of carbonyl (C=O) groups excluding carboxylic acids is 1. The van der Waals surface area contributed by atoms with Gasteiger partial charge in [-0.15, -0.1) is 0 Å². The molecule has 1 saturated carbocycles. The molecule has 0 aromatic rings. The molecule has 1 heterocycles. The van der Waals surface area contributed by atoms with Crippen molar-refractivity contribution in [3.8, 4) is 0 Å². The Balaban J connectivity index is 2.22. The standard InChI is InChI=1S/C6H9NO/c8-6-4-1-2-5(3-4)7-6/h4-5H,1-3H2,(H,7,8)/t4-,5?/m1/s1. The van der Waals surface area contributed by atoms with Crippen LogP contribution >= 0.6 is 0 Å². The molecule has 2 rings (SSSR count). The van der Waals surface area contributed by atoms with E-state index in [0.717, 1.165) is 12.8 Å². The second kappa shape index (κ2) is 1.24. The molecule has 1 unspecified atom stereocenters. The normalized spacial score (nSPS) is 42.8. The minimum absolute atomic E-state index is 0.293. The molecule has 1 saturated heterocycles. The Kier molecular flexibility index (Phi) is 0.678. The predicted molar refractivity (Wildman–Crippen MR) is 29.3 cm³/mol. The number of nitrogens with one attached hydrogen (secondary N) is 1. The van der Waals surface area contributed by atoms with Gasteiger partial charge in [0.25, 0.3) is 0 Å². The van der Waals surface area contributed by atoms with Gasteiger partial charge in [0.2, 0.25) is 5.91 Å². The lowest BCUT2D eigenvalue weighted by atomic mass is 10.1. The van der Waals surface area contributed by atoms with Crippen LogP contribution in [0, 0.1) is 5.92 Å². The molecular formula is C6H9NO. The fourth-order valence-electron chi connectivity index (χ4n) is 1.67. The lowest BCUT2D eigenvalue weighted by Crippen LogP contribution is -2.30. The van der Waals surface area contributed by atoms with Crippen molar-refractivity contribution in [1.29, 1.82) is 0 Å². The maximum atomic E-state index is 10.7. The quantitative estimate of drug-likeness (QED) is 0.478. The molecule has 1 aliphatic carbocycles. The molecule has 1 N–H and O–H groups in total. The molecule has 0 aromatic heterocycles. The molecule has 1 aliphatic heterocycles. The van der Waals surface area contributed by atoms with Crippen LogP contribution in [0.4, 0.5) is 0 Å². The van der Waals surface area contributed by atoms with Gasteiger partial charge in [0.1, 0.15) is 0 Å². The zero-order chi connectivity index (χ0) is 5.56. The van der Waals surface area contributed by atoms with Crippen LogP contribution in [0.25, 0.3) is 0 Å². The van der Waals surface area contributed by atoms with Gasteiger partial charge in [-0.1, -0.05) is 0 Å². The number of amides is 1. The maximum Gasteiger partial charge on any atom is 0.223 e. The summed E-state index contributed by atoms with van der Waals surface area (Å²) in [5.41, 5.74) is 0. The molecule has 0 spiro atoms. The molecule has 2 heteroatoms. The van der Waals surface area contributed by atoms with Crippen molar-refractivity contribution >= 4 is 5.91 Å². The minimum atomic E-state index is 0.293. The number of hydrogen-bond acceptors (Lipinski definition) is 1. The average Bonchev–Trinajstić information content (AvgIpc) is 2.23. The Morgan fingerprint density at radius 1 is 1.50 bits per heavy atom. The molecular weight excluding hydrogens is 102 g/mol. The maximum absolute atomic E-state index is 10.7. The van der Waals surface area contributed by atoms with Gasteiger partial charge < -0.3 is 5.32 Å². The molecule has 2 bridgehead atoms. The zero-order valence-corrected chi connectivity index (χ0v) is 4.68. The number of fused-ring (bicyclic) bond motifs is 2. The molecule has 44 valence electrons. The van der Waals surface area contributed by atoms with Crippen molar-refractivity contribution in [1.82, 2.24) is 5.32 Å². The SMILES string of the molecule is O=C1NC2CC[C@@H]1C2. The predicted octanol–water partition coefficient (Wildman–Crippen LogP) is 0.285. The van der Waals surface area contributed by atoms with Gasteiger partial charge in [-0.3, -0.25) is 4.79 Å². The Bertz CT molecular complexity index is 132. The van der Waals surface area contributed by atoms with Crippen molar-refractivity contribution < 1.29 is 4.79 Å². The summed E-state index contributed by atoms with van der Waals surface area (Å²) in [4.78, 5) is 10.7. The lowest BCUT2D eigenvalue weighted by Gasteiger charge is -2.08. The fraction of sp³-hybridized carbons (Fsp3) is 0.833. The molecule has 1 amide bonds. The van der Waals surface area contributed by atoms with Crippen LogP contribution in [-0.2, 0) is 4.79 Å². The first-order valence-corrected chi connectivity index (χ1v) is 3.16. The van der Waals surface area contributed by atoms with Crippen LogP contribution in [-0.4, -0.2) is 11.9 Å². The van der Waals surface area contributed by atoms with Gasteiger partial charge in [-0.2, -0.15) is 0 Å². The van der Waals surface area contributed by atoms with E-state index in [-0.39, 0.29) is 0 Å². The smallest absolute Gasteiger partial charge is 0.223 e. The number of rotatable bonds is 0. The highest BCUT2D eigenvalue weighted by molar-refractivity contribution is 5.82. The van der Waals surface area contributed by atoms with Gasteiger partial charge in [0, 0.05) is 12.0 Å². The van der Waals surface area contributed by atoms with E-state index < -0.39 is 0 Å². The van der Waals surface area contributed by atoms with E-state index in [1.54, 1.807) is 0 Å². The Hall–Kier alpha value is -0.530. The fourth-order valence-corrected chi connectivity index (χ4v) is 1.67. The largest absolute Gasteiger partial charge is 0.353 e. The van der Waals surface area contributed by atoms with Gasteiger partial charge in [0.15, 0.2) is 0 Å². The summed E-state index contributed by atoms with van der Waals surface area (Å²) in [7, 11) is 0. The van der Waals surface area contributed by atoms with Crippen LogP contribution in [0.3, 0.4) is 0 Å². The third-order valence-corrected chi connectivity index (χ3v) is 2.15. The Labute approximate surface area is 48.3 Å². The van der Waals surface area contributed by atoms with Crippen molar-refractivity contribution in [2.75, 3.05) is 0 Å². The van der Waals surface area contributed by atoms with Crippen LogP contribution in [0.5, 0.6) is 0 Å². The Morgan fingerprint density at radius 2 is 2.38 bits per heavy atom. The van der Waals surface area contributed by atoms with E-state index in [2.05, 4.69) is 5.32 Å². The Morgan fingerprint density at radius 3 is 2.62 bits per heavy atom. The van der Waals surface area contributed by atoms with E-state index in [0.29, 0.717) is 17.9 Å². The monoisotopic (exact) mass is 111 g/mol. The molecule has 2 nitrogen and oxygen atoms in total. The first-order valence-electron chi connectivity index (χ1n) is 3.16. The van der Waals surface area contributed by atoms with E-state index >= 15 is 0 Å². The number of carbonyl (C=O) groups is 1. The first-order chi connectivity index (χ1) is 3.86. The summed E-state index contributed by atoms with van der Waals surface area (Å²) >= 11 is 0. The number of piperidine rings is 1. The van der Waals surface area contributed by atoms with Crippen LogP contribution in [0.1, 0.15) is 19.3 Å². The van der Waals surface area contributed by atoms with Crippen molar-refractivity contribution in [2.24, 2.45) is 5.92 Å². The highest BCUT2D eigenvalue weighted by atomic mass is 16.2. The molecule has 2 fully saturated rings.